The zero-order valence-corrected chi connectivity index (χ0v) is 6.59. The number of halogens is 1. The van der Waals surface area contributed by atoms with Crippen LogP contribution in [0.1, 0.15) is 6.92 Å². The van der Waals surface area contributed by atoms with Gasteiger partial charge in [0.15, 0.2) is 0 Å². The standard InChI is InChI=1S/C3H6BrO2P/c1-2(4)3(5)6-7/h2H,7H2,1H3. The molecule has 4 heteroatoms. The van der Waals surface area contributed by atoms with Crippen molar-refractivity contribution in [2.24, 2.45) is 0 Å². The summed E-state index contributed by atoms with van der Waals surface area (Å²) >= 11 is 3.01. The van der Waals surface area contributed by atoms with Crippen molar-refractivity contribution in [1.82, 2.24) is 0 Å². The third-order valence-corrected chi connectivity index (χ3v) is 1.05. The molecule has 0 N–H and O–H groups in total. The highest BCUT2D eigenvalue weighted by Gasteiger charge is 2.05. The Hall–Kier alpha value is 0.380. The maximum absolute atomic E-state index is 10.2. The van der Waals surface area contributed by atoms with Crippen molar-refractivity contribution in [2.45, 2.75) is 11.8 Å². The van der Waals surface area contributed by atoms with Crippen molar-refractivity contribution >= 4 is 31.4 Å². The summed E-state index contributed by atoms with van der Waals surface area (Å²) in [7, 11) is 1.88. The predicted molar refractivity (Wildman–Crippen MR) is 34.2 cm³/mol. The maximum Gasteiger partial charge on any atom is 0.321 e. The summed E-state index contributed by atoms with van der Waals surface area (Å²) in [4.78, 5) is 10.0. The van der Waals surface area contributed by atoms with Gasteiger partial charge in [-0.3, -0.25) is 4.79 Å². The third-order valence-electron chi connectivity index (χ3n) is 0.441. The van der Waals surface area contributed by atoms with Crippen LogP contribution in [0.5, 0.6) is 0 Å². The maximum atomic E-state index is 10.2. The molecule has 2 unspecified atom stereocenters. The van der Waals surface area contributed by atoms with Crippen LogP contribution in [-0.2, 0) is 9.32 Å². The minimum atomic E-state index is -0.273. The first-order chi connectivity index (χ1) is 3.18. The van der Waals surface area contributed by atoms with Crippen LogP contribution in [0.3, 0.4) is 0 Å². The van der Waals surface area contributed by atoms with Gasteiger partial charge in [0.1, 0.15) is 4.83 Å². The number of carbonyl (C=O) groups excluding carboxylic acids is 1. The zero-order chi connectivity index (χ0) is 5.86. The monoisotopic (exact) mass is 184 g/mol. The van der Waals surface area contributed by atoms with Crippen LogP contribution < -0.4 is 0 Å². The Bertz CT molecular complexity index is 73.3. The Morgan fingerprint density at radius 3 is 2.43 bits per heavy atom. The van der Waals surface area contributed by atoms with E-state index in [1.165, 1.54) is 0 Å². The summed E-state index contributed by atoms with van der Waals surface area (Å²) < 4.78 is 4.24. The number of hydrogen-bond acceptors (Lipinski definition) is 2. The highest BCUT2D eigenvalue weighted by molar-refractivity contribution is 9.10. The fourth-order valence-electron chi connectivity index (χ4n) is 0.0938. The lowest BCUT2D eigenvalue weighted by atomic mass is 10.5. The molecule has 0 saturated heterocycles. The van der Waals surface area contributed by atoms with Crippen LogP contribution in [0.2, 0.25) is 0 Å². The Morgan fingerprint density at radius 1 is 2.00 bits per heavy atom. The number of hydrogen-bond donors (Lipinski definition) is 0. The van der Waals surface area contributed by atoms with Gasteiger partial charge in [-0.25, -0.2) is 0 Å². The fourth-order valence-corrected chi connectivity index (χ4v) is 0.605. The predicted octanol–water partition coefficient (Wildman–Crippen LogP) is 1.10. The van der Waals surface area contributed by atoms with Crippen molar-refractivity contribution in [3.05, 3.63) is 0 Å². The topological polar surface area (TPSA) is 26.3 Å². The van der Waals surface area contributed by atoms with Crippen LogP contribution >= 0.6 is 25.4 Å². The van der Waals surface area contributed by atoms with E-state index in [0.717, 1.165) is 0 Å². The minimum Gasteiger partial charge on any atom is -0.451 e. The Morgan fingerprint density at radius 2 is 2.43 bits per heavy atom. The van der Waals surface area contributed by atoms with E-state index in [1.807, 2.05) is 9.47 Å². The molecule has 0 heterocycles. The van der Waals surface area contributed by atoms with Crippen molar-refractivity contribution in [2.75, 3.05) is 0 Å². The molecule has 0 aliphatic rings. The molecule has 2 atom stereocenters. The molecule has 0 spiro atoms. The summed E-state index contributed by atoms with van der Waals surface area (Å²) in [6.07, 6.45) is 0. The van der Waals surface area contributed by atoms with E-state index in [1.54, 1.807) is 6.92 Å². The second-order valence-electron chi connectivity index (χ2n) is 1.05. The van der Waals surface area contributed by atoms with Gasteiger partial charge < -0.3 is 4.52 Å². The normalized spacial score (nSPS) is 13.0. The van der Waals surface area contributed by atoms with Crippen molar-refractivity contribution in [1.29, 1.82) is 0 Å². The van der Waals surface area contributed by atoms with E-state index < -0.39 is 0 Å². The summed E-state index contributed by atoms with van der Waals surface area (Å²) in [6.45, 7) is 1.70. The minimum absolute atomic E-state index is 0.204. The molecule has 0 saturated carbocycles. The molecule has 0 aromatic carbocycles. The number of alkyl halides is 1. The molecule has 0 rings (SSSR count). The summed E-state index contributed by atoms with van der Waals surface area (Å²) in [5.74, 6) is -0.273. The lowest BCUT2D eigenvalue weighted by molar-refractivity contribution is -0.132. The lowest BCUT2D eigenvalue weighted by Gasteiger charge is -1.95. The van der Waals surface area contributed by atoms with E-state index in [0.29, 0.717) is 0 Å². The summed E-state index contributed by atoms with van der Waals surface area (Å²) in [6, 6.07) is 0. The van der Waals surface area contributed by atoms with Gasteiger partial charge in [0.2, 0.25) is 0 Å². The highest BCUT2D eigenvalue weighted by Crippen LogP contribution is 2.01. The number of rotatable bonds is 1. The Labute approximate surface area is 53.0 Å². The van der Waals surface area contributed by atoms with Gasteiger partial charge in [0, 0.05) is 0 Å². The van der Waals surface area contributed by atoms with Crippen LogP contribution in [-0.4, -0.2) is 10.8 Å². The summed E-state index contributed by atoms with van der Waals surface area (Å²) in [5.41, 5.74) is 0. The highest BCUT2D eigenvalue weighted by atomic mass is 79.9. The second-order valence-corrected chi connectivity index (χ2v) is 2.66. The van der Waals surface area contributed by atoms with Crippen molar-refractivity contribution in [3.8, 4) is 0 Å². The molecule has 0 aromatic heterocycles. The zero-order valence-electron chi connectivity index (χ0n) is 3.85. The van der Waals surface area contributed by atoms with Crippen LogP contribution in [0.4, 0.5) is 0 Å². The quantitative estimate of drug-likeness (QED) is 0.451. The fraction of sp³-hybridized carbons (Fsp3) is 0.667. The first-order valence-corrected chi connectivity index (χ1v) is 3.12. The number of carbonyl (C=O) groups is 1. The third kappa shape index (κ3) is 3.01. The molecule has 0 fully saturated rings. The SMILES string of the molecule is CC(Br)C(=O)OP. The van der Waals surface area contributed by atoms with Gasteiger partial charge in [0.05, 0.1) is 9.47 Å². The van der Waals surface area contributed by atoms with Crippen molar-refractivity contribution < 1.29 is 9.32 Å². The largest absolute Gasteiger partial charge is 0.451 e. The molecule has 0 aliphatic carbocycles. The lowest BCUT2D eigenvalue weighted by Crippen LogP contribution is -2.07. The molecule has 2 nitrogen and oxygen atoms in total. The molecular formula is C3H6BrO2P. The Balaban J connectivity index is 3.35. The van der Waals surface area contributed by atoms with Gasteiger partial charge in [-0.1, -0.05) is 15.9 Å². The van der Waals surface area contributed by atoms with E-state index in [-0.39, 0.29) is 10.8 Å². The molecule has 0 bridgehead atoms. The summed E-state index contributed by atoms with van der Waals surface area (Å²) in [5, 5.41) is 0. The molecule has 7 heavy (non-hydrogen) atoms. The first kappa shape index (κ1) is 7.38. The van der Waals surface area contributed by atoms with Crippen LogP contribution in [0, 0.1) is 0 Å². The van der Waals surface area contributed by atoms with Gasteiger partial charge in [-0.2, -0.15) is 0 Å². The van der Waals surface area contributed by atoms with Gasteiger partial charge in [-0.05, 0) is 6.92 Å². The van der Waals surface area contributed by atoms with Gasteiger partial charge in [0.25, 0.3) is 0 Å². The average Bonchev–Trinajstić information content (AvgIpc) is 1.65. The average molecular weight is 185 g/mol. The van der Waals surface area contributed by atoms with E-state index in [2.05, 4.69) is 20.5 Å². The van der Waals surface area contributed by atoms with E-state index in [4.69, 9.17) is 0 Å². The van der Waals surface area contributed by atoms with E-state index in [9.17, 15) is 4.79 Å². The molecule has 0 aromatic rings. The smallest absolute Gasteiger partial charge is 0.321 e. The molecule has 0 amide bonds. The molecule has 0 aliphatic heterocycles. The first-order valence-electron chi connectivity index (χ1n) is 1.73. The second kappa shape index (κ2) is 3.39. The molecule has 42 valence electrons. The van der Waals surface area contributed by atoms with E-state index >= 15 is 0 Å². The molecular weight excluding hydrogens is 179 g/mol. The van der Waals surface area contributed by atoms with Gasteiger partial charge >= 0.3 is 5.97 Å². The van der Waals surface area contributed by atoms with Crippen LogP contribution in [0.25, 0.3) is 0 Å². The molecule has 0 radical (unpaired) electrons. The Kier molecular flexibility index (Phi) is 3.57. The van der Waals surface area contributed by atoms with Crippen molar-refractivity contribution in [3.63, 3.8) is 0 Å². The van der Waals surface area contributed by atoms with Crippen LogP contribution in [0.15, 0.2) is 0 Å². The van der Waals surface area contributed by atoms with Gasteiger partial charge in [-0.15, -0.1) is 0 Å².